The quantitative estimate of drug-likeness (QED) is 0.136. The molecule has 0 saturated heterocycles. The maximum Gasteiger partial charge on any atom is 0.327 e. The second kappa shape index (κ2) is 14.1. The molecule has 0 heterocycles. The molecule has 0 aliphatic carbocycles. The van der Waals surface area contributed by atoms with Gasteiger partial charge in [-0.1, -0.05) is 13.8 Å². The van der Waals surface area contributed by atoms with Crippen LogP contribution in [0, 0.1) is 5.92 Å². The molecule has 0 radical (unpaired) electrons. The monoisotopic (exact) mass is 465 g/mol. The number of hydrogen-bond donors (Lipinski definition) is 8. The Balaban J connectivity index is 5.21. The highest BCUT2D eigenvalue weighted by molar-refractivity contribution is 7.80. The standard InChI is InChI=1S/C17H31N5O6S2/c1-8(2)5-9(18)14(24)21-11(6-29)16(26)20-10(3-4-13(19)23)15(25)22-12(7-30)17(27)28/h8-12,29-30H,3-7,18H2,1-2H3,(H2,19,23)(H,20,26)(H,21,24)(H,22,25)(H,27,28). The average molecular weight is 466 g/mol. The van der Waals surface area contributed by atoms with E-state index >= 15 is 0 Å². The number of carbonyl (C=O) groups is 5. The molecule has 0 aliphatic rings. The van der Waals surface area contributed by atoms with Crippen molar-refractivity contribution in [3.8, 4) is 0 Å². The van der Waals surface area contributed by atoms with E-state index in [9.17, 15) is 24.0 Å². The predicted octanol–water partition coefficient (Wildman–Crippen LogP) is -1.98. The van der Waals surface area contributed by atoms with Crippen LogP contribution in [-0.4, -0.2) is 70.4 Å². The van der Waals surface area contributed by atoms with Crippen molar-refractivity contribution in [3.05, 3.63) is 0 Å². The largest absolute Gasteiger partial charge is 0.480 e. The lowest BCUT2D eigenvalue weighted by molar-refractivity contribution is -0.141. The normalized spacial score (nSPS) is 14.9. The van der Waals surface area contributed by atoms with Crippen molar-refractivity contribution >= 4 is 54.9 Å². The molecule has 0 rings (SSSR count). The van der Waals surface area contributed by atoms with E-state index in [1.165, 1.54) is 0 Å². The summed E-state index contributed by atoms with van der Waals surface area (Å²) in [6.07, 6.45) is 0.0246. The van der Waals surface area contributed by atoms with Crippen LogP contribution in [0.4, 0.5) is 0 Å². The summed E-state index contributed by atoms with van der Waals surface area (Å²) < 4.78 is 0. The van der Waals surface area contributed by atoms with Gasteiger partial charge in [-0.2, -0.15) is 25.3 Å². The van der Waals surface area contributed by atoms with Crippen molar-refractivity contribution < 1.29 is 29.1 Å². The van der Waals surface area contributed by atoms with E-state index in [2.05, 4.69) is 41.2 Å². The van der Waals surface area contributed by atoms with Crippen molar-refractivity contribution in [3.63, 3.8) is 0 Å². The number of aliphatic carboxylic acids is 1. The third-order valence-corrected chi connectivity index (χ3v) is 4.72. The number of nitrogens with one attached hydrogen (secondary N) is 3. The number of amides is 4. The average Bonchev–Trinajstić information content (AvgIpc) is 2.65. The van der Waals surface area contributed by atoms with Gasteiger partial charge in [0.15, 0.2) is 0 Å². The van der Waals surface area contributed by atoms with Gasteiger partial charge in [0, 0.05) is 17.9 Å². The summed E-state index contributed by atoms with van der Waals surface area (Å²) >= 11 is 7.90. The van der Waals surface area contributed by atoms with Gasteiger partial charge >= 0.3 is 5.97 Å². The van der Waals surface area contributed by atoms with Crippen LogP contribution in [0.25, 0.3) is 0 Å². The summed E-state index contributed by atoms with van der Waals surface area (Å²) in [5.74, 6) is -4.21. The summed E-state index contributed by atoms with van der Waals surface area (Å²) in [4.78, 5) is 59.4. The number of carbonyl (C=O) groups excluding carboxylic acids is 4. The van der Waals surface area contributed by atoms with Crippen LogP contribution in [0.2, 0.25) is 0 Å². The minimum Gasteiger partial charge on any atom is -0.480 e. The van der Waals surface area contributed by atoms with Gasteiger partial charge in [0.1, 0.15) is 18.1 Å². The number of hydrogen-bond acceptors (Lipinski definition) is 8. The zero-order valence-corrected chi connectivity index (χ0v) is 18.7. The van der Waals surface area contributed by atoms with Gasteiger partial charge in [0.2, 0.25) is 23.6 Å². The van der Waals surface area contributed by atoms with Gasteiger partial charge < -0.3 is 32.5 Å². The summed E-state index contributed by atoms with van der Waals surface area (Å²) in [6.45, 7) is 3.79. The molecule has 0 aromatic rings. The van der Waals surface area contributed by atoms with Crippen LogP contribution in [0.15, 0.2) is 0 Å². The zero-order valence-electron chi connectivity index (χ0n) is 17.0. The number of carboxylic acids is 1. The van der Waals surface area contributed by atoms with Crippen molar-refractivity contribution in [2.24, 2.45) is 17.4 Å². The molecule has 172 valence electrons. The second-order valence-corrected chi connectivity index (χ2v) is 7.86. The van der Waals surface area contributed by atoms with Crippen molar-refractivity contribution in [2.75, 3.05) is 11.5 Å². The Hall–Kier alpha value is -1.99. The van der Waals surface area contributed by atoms with E-state index in [1.54, 1.807) is 0 Å². The summed E-state index contributed by atoms with van der Waals surface area (Å²) in [7, 11) is 0. The predicted molar refractivity (Wildman–Crippen MR) is 117 cm³/mol. The third-order valence-electron chi connectivity index (χ3n) is 3.99. The minimum absolute atomic E-state index is 0.0788. The van der Waals surface area contributed by atoms with Crippen molar-refractivity contribution in [1.29, 1.82) is 0 Å². The van der Waals surface area contributed by atoms with Gasteiger partial charge in [-0.15, -0.1) is 0 Å². The van der Waals surface area contributed by atoms with E-state index in [-0.39, 0.29) is 30.3 Å². The Labute approximate surface area is 186 Å². The third kappa shape index (κ3) is 10.7. The van der Waals surface area contributed by atoms with E-state index in [4.69, 9.17) is 16.6 Å². The van der Waals surface area contributed by atoms with Gasteiger partial charge in [0.05, 0.1) is 6.04 Å². The molecule has 0 aromatic heterocycles. The first kappa shape index (κ1) is 28.0. The van der Waals surface area contributed by atoms with Crippen LogP contribution in [0.5, 0.6) is 0 Å². The van der Waals surface area contributed by atoms with E-state index in [1.807, 2.05) is 13.8 Å². The van der Waals surface area contributed by atoms with Crippen LogP contribution >= 0.6 is 25.3 Å². The molecular weight excluding hydrogens is 434 g/mol. The first-order valence-electron chi connectivity index (χ1n) is 9.32. The van der Waals surface area contributed by atoms with Gasteiger partial charge in [-0.3, -0.25) is 19.2 Å². The van der Waals surface area contributed by atoms with Crippen LogP contribution in [0.1, 0.15) is 33.1 Å². The zero-order chi connectivity index (χ0) is 23.4. The maximum atomic E-state index is 12.6. The number of primary amides is 1. The molecule has 0 aromatic carbocycles. The van der Waals surface area contributed by atoms with E-state index in [0.717, 1.165) is 0 Å². The maximum absolute atomic E-state index is 12.6. The van der Waals surface area contributed by atoms with Gasteiger partial charge in [-0.25, -0.2) is 4.79 Å². The molecule has 0 saturated carbocycles. The topological polar surface area (TPSA) is 194 Å². The lowest BCUT2D eigenvalue weighted by Crippen LogP contribution is -2.58. The lowest BCUT2D eigenvalue weighted by atomic mass is 10.0. The second-order valence-electron chi connectivity index (χ2n) is 7.13. The first-order valence-corrected chi connectivity index (χ1v) is 10.6. The van der Waals surface area contributed by atoms with Crippen LogP contribution in [-0.2, 0) is 24.0 Å². The Morgan fingerprint density at radius 1 is 0.867 bits per heavy atom. The fourth-order valence-electron chi connectivity index (χ4n) is 2.37. The molecule has 0 fully saturated rings. The first-order chi connectivity index (χ1) is 13.9. The summed E-state index contributed by atoms with van der Waals surface area (Å²) in [6, 6.07) is -4.46. The van der Waals surface area contributed by atoms with Gasteiger partial charge in [0.25, 0.3) is 0 Å². The molecular formula is C17H31N5O6S2. The SMILES string of the molecule is CC(C)CC(N)C(=O)NC(CS)C(=O)NC(CCC(N)=O)C(=O)NC(CS)C(=O)O. The van der Waals surface area contributed by atoms with E-state index < -0.39 is 53.8 Å². The fourth-order valence-corrected chi connectivity index (χ4v) is 2.88. The highest BCUT2D eigenvalue weighted by atomic mass is 32.1. The number of nitrogens with two attached hydrogens (primary N) is 2. The number of rotatable bonds is 14. The molecule has 13 heteroatoms. The molecule has 8 N–H and O–H groups in total. The van der Waals surface area contributed by atoms with Gasteiger partial charge in [-0.05, 0) is 18.8 Å². The van der Waals surface area contributed by atoms with Crippen LogP contribution in [0.3, 0.4) is 0 Å². The summed E-state index contributed by atoms with van der Waals surface area (Å²) in [5, 5.41) is 16.1. The summed E-state index contributed by atoms with van der Waals surface area (Å²) in [5.41, 5.74) is 10.9. The molecule has 0 aliphatic heterocycles. The van der Waals surface area contributed by atoms with Crippen molar-refractivity contribution in [2.45, 2.75) is 57.3 Å². The lowest BCUT2D eigenvalue weighted by Gasteiger charge is -2.24. The molecule has 4 atom stereocenters. The Kier molecular flexibility index (Phi) is 13.2. The smallest absolute Gasteiger partial charge is 0.327 e. The Morgan fingerprint density at radius 2 is 1.33 bits per heavy atom. The molecule has 30 heavy (non-hydrogen) atoms. The Morgan fingerprint density at radius 3 is 1.77 bits per heavy atom. The molecule has 4 unspecified atom stereocenters. The van der Waals surface area contributed by atoms with Crippen molar-refractivity contribution in [1.82, 2.24) is 16.0 Å². The fraction of sp³-hybridized carbons (Fsp3) is 0.706. The Bertz CT molecular complexity index is 634. The number of thiol groups is 2. The number of carboxylic acid groups (broad SMARTS) is 1. The molecule has 0 bridgehead atoms. The highest BCUT2D eigenvalue weighted by Crippen LogP contribution is 2.04. The minimum atomic E-state index is -1.31. The molecule has 4 amide bonds. The molecule has 11 nitrogen and oxygen atoms in total. The molecule has 0 spiro atoms. The van der Waals surface area contributed by atoms with Crippen LogP contribution < -0.4 is 27.4 Å². The van der Waals surface area contributed by atoms with E-state index in [0.29, 0.717) is 6.42 Å². The highest BCUT2D eigenvalue weighted by Gasteiger charge is 2.29.